The number of hydrogen-bond acceptors (Lipinski definition) is 5. The van der Waals surface area contributed by atoms with Crippen LogP contribution in [0.2, 0.25) is 0 Å². The van der Waals surface area contributed by atoms with E-state index in [-0.39, 0.29) is 0 Å². The van der Waals surface area contributed by atoms with Crippen LogP contribution in [0.4, 0.5) is 0 Å². The largest absolute Gasteiger partial charge is 0.443 e. The van der Waals surface area contributed by atoms with Gasteiger partial charge in [0, 0.05) is 33.2 Å². The quantitative estimate of drug-likeness (QED) is 0.639. The van der Waals surface area contributed by atoms with Crippen LogP contribution in [0.15, 0.2) is 10.6 Å². The van der Waals surface area contributed by atoms with Crippen LogP contribution in [-0.4, -0.2) is 38.4 Å². The highest BCUT2D eigenvalue weighted by Gasteiger charge is 2.03. The lowest BCUT2D eigenvalue weighted by Gasteiger charge is -2.01. The Morgan fingerprint density at radius 3 is 3.06 bits per heavy atom. The zero-order valence-electron chi connectivity index (χ0n) is 9.99. The molecule has 1 aromatic heterocycles. The summed E-state index contributed by atoms with van der Waals surface area (Å²) in [5.41, 5.74) is 0. The van der Waals surface area contributed by atoms with Gasteiger partial charge in [0.05, 0.1) is 12.8 Å². The number of rotatable bonds is 9. The zero-order chi connectivity index (χ0) is 11.6. The van der Waals surface area contributed by atoms with E-state index < -0.39 is 0 Å². The number of nitrogens with one attached hydrogen (secondary N) is 1. The summed E-state index contributed by atoms with van der Waals surface area (Å²) in [7, 11) is 1.69. The van der Waals surface area contributed by atoms with Crippen LogP contribution in [0.5, 0.6) is 0 Å². The molecule has 1 N–H and O–H groups in total. The van der Waals surface area contributed by atoms with E-state index in [1.165, 1.54) is 0 Å². The van der Waals surface area contributed by atoms with Crippen molar-refractivity contribution in [3.8, 4) is 0 Å². The normalized spacial score (nSPS) is 10.9. The molecule has 0 saturated heterocycles. The molecule has 1 aromatic rings. The SMILES string of the molecule is CCOCc1cnc(CCNCCOC)o1. The fourth-order valence-electron chi connectivity index (χ4n) is 1.23. The van der Waals surface area contributed by atoms with Crippen LogP contribution in [-0.2, 0) is 22.5 Å². The van der Waals surface area contributed by atoms with E-state index in [1.807, 2.05) is 6.92 Å². The summed E-state index contributed by atoms with van der Waals surface area (Å²) in [6.45, 7) is 5.56. The first-order chi connectivity index (χ1) is 7.86. The number of oxazole rings is 1. The van der Waals surface area contributed by atoms with Crippen LogP contribution < -0.4 is 5.32 Å². The number of hydrogen-bond donors (Lipinski definition) is 1. The number of methoxy groups -OCH3 is 1. The van der Waals surface area contributed by atoms with Crippen molar-refractivity contribution in [2.24, 2.45) is 0 Å². The summed E-state index contributed by atoms with van der Waals surface area (Å²) in [5.74, 6) is 1.54. The van der Waals surface area contributed by atoms with Gasteiger partial charge in [-0.1, -0.05) is 0 Å². The van der Waals surface area contributed by atoms with E-state index in [0.29, 0.717) is 13.2 Å². The first-order valence-electron chi connectivity index (χ1n) is 5.57. The van der Waals surface area contributed by atoms with Crippen LogP contribution in [0, 0.1) is 0 Å². The van der Waals surface area contributed by atoms with Gasteiger partial charge in [-0.2, -0.15) is 0 Å². The number of ether oxygens (including phenoxy) is 2. The van der Waals surface area contributed by atoms with E-state index in [0.717, 1.165) is 37.8 Å². The van der Waals surface area contributed by atoms with E-state index in [1.54, 1.807) is 13.3 Å². The Morgan fingerprint density at radius 1 is 1.44 bits per heavy atom. The fraction of sp³-hybridized carbons (Fsp3) is 0.727. The predicted molar refractivity (Wildman–Crippen MR) is 60.3 cm³/mol. The lowest BCUT2D eigenvalue weighted by molar-refractivity contribution is 0.117. The molecular formula is C11H20N2O3. The summed E-state index contributed by atoms with van der Waals surface area (Å²) in [4.78, 5) is 4.17. The van der Waals surface area contributed by atoms with Gasteiger partial charge in [-0.25, -0.2) is 4.98 Å². The van der Waals surface area contributed by atoms with Crippen molar-refractivity contribution in [2.45, 2.75) is 20.0 Å². The molecule has 0 aliphatic heterocycles. The zero-order valence-corrected chi connectivity index (χ0v) is 9.99. The lowest BCUT2D eigenvalue weighted by atomic mass is 10.4. The molecule has 5 nitrogen and oxygen atoms in total. The van der Waals surface area contributed by atoms with Crippen molar-refractivity contribution < 1.29 is 13.9 Å². The molecule has 0 unspecified atom stereocenters. The van der Waals surface area contributed by atoms with E-state index >= 15 is 0 Å². The average molecular weight is 228 g/mol. The molecule has 0 saturated carbocycles. The van der Waals surface area contributed by atoms with Crippen molar-refractivity contribution in [2.75, 3.05) is 33.4 Å². The van der Waals surface area contributed by atoms with Crippen molar-refractivity contribution in [3.63, 3.8) is 0 Å². The molecule has 0 aliphatic carbocycles. The lowest BCUT2D eigenvalue weighted by Crippen LogP contribution is -2.21. The molecule has 0 aromatic carbocycles. The standard InChI is InChI=1S/C11H20N2O3/c1-3-15-9-10-8-13-11(16-10)4-5-12-6-7-14-2/h8,12H,3-7,9H2,1-2H3. The average Bonchev–Trinajstić information content (AvgIpc) is 2.74. The van der Waals surface area contributed by atoms with Crippen LogP contribution >= 0.6 is 0 Å². The smallest absolute Gasteiger partial charge is 0.195 e. The van der Waals surface area contributed by atoms with Crippen molar-refractivity contribution in [3.05, 3.63) is 17.8 Å². The van der Waals surface area contributed by atoms with Gasteiger partial charge in [0.1, 0.15) is 12.4 Å². The Hall–Kier alpha value is -0.910. The predicted octanol–water partition coefficient (Wildman–Crippen LogP) is 0.990. The molecule has 1 rings (SSSR count). The summed E-state index contributed by atoms with van der Waals surface area (Å²) < 4.78 is 15.6. The minimum absolute atomic E-state index is 0.501. The molecule has 1 heterocycles. The molecule has 0 amide bonds. The van der Waals surface area contributed by atoms with Gasteiger partial charge in [0.15, 0.2) is 5.89 Å². The monoisotopic (exact) mass is 228 g/mol. The van der Waals surface area contributed by atoms with E-state index in [4.69, 9.17) is 13.9 Å². The van der Waals surface area contributed by atoms with Gasteiger partial charge >= 0.3 is 0 Å². The van der Waals surface area contributed by atoms with Gasteiger partial charge in [0.25, 0.3) is 0 Å². The minimum Gasteiger partial charge on any atom is -0.443 e. The first-order valence-corrected chi connectivity index (χ1v) is 5.57. The second kappa shape index (κ2) is 8.27. The van der Waals surface area contributed by atoms with Crippen molar-refractivity contribution in [1.82, 2.24) is 10.3 Å². The summed E-state index contributed by atoms with van der Waals surface area (Å²) in [6.07, 6.45) is 2.51. The molecule has 0 aliphatic rings. The van der Waals surface area contributed by atoms with Crippen LogP contribution in [0.1, 0.15) is 18.6 Å². The van der Waals surface area contributed by atoms with Crippen molar-refractivity contribution >= 4 is 0 Å². The molecule has 0 bridgehead atoms. The maximum Gasteiger partial charge on any atom is 0.195 e. The molecule has 0 fully saturated rings. The highest BCUT2D eigenvalue weighted by molar-refractivity contribution is 4.92. The molecule has 5 heteroatoms. The van der Waals surface area contributed by atoms with Crippen LogP contribution in [0.3, 0.4) is 0 Å². The number of aromatic nitrogens is 1. The second-order valence-electron chi connectivity index (χ2n) is 3.35. The Bertz CT molecular complexity index is 276. The van der Waals surface area contributed by atoms with Gasteiger partial charge < -0.3 is 19.2 Å². The minimum atomic E-state index is 0.501. The molecular weight excluding hydrogens is 208 g/mol. The maximum atomic E-state index is 5.48. The van der Waals surface area contributed by atoms with Gasteiger partial charge in [0.2, 0.25) is 0 Å². The molecule has 0 spiro atoms. The Labute approximate surface area is 96.1 Å². The third kappa shape index (κ3) is 5.25. The third-order valence-corrected chi connectivity index (χ3v) is 2.05. The number of nitrogens with zero attached hydrogens (tertiary/aromatic N) is 1. The molecule has 0 atom stereocenters. The third-order valence-electron chi connectivity index (χ3n) is 2.05. The summed E-state index contributed by atoms with van der Waals surface area (Å²) in [5, 5.41) is 3.23. The maximum absolute atomic E-state index is 5.48. The highest BCUT2D eigenvalue weighted by atomic mass is 16.5. The van der Waals surface area contributed by atoms with Gasteiger partial charge in [-0.15, -0.1) is 0 Å². The highest BCUT2D eigenvalue weighted by Crippen LogP contribution is 2.05. The van der Waals surface area contributed by atoms with Crippen molar-refractivity contribution in [1.29, 1.82) is 0 Å². The Balaban J connectivity index is 2.14. The Kier molecular flexibility index (Phi) is 6.80. The van der Waals surface area contributed by atoms with Gasteiger partial charge in [-0.3, -0.25) is 0 Å². The molecule has 16 heavy (non-hydrogen) atoms. The molecule has 92 valence electrons. The van der Waals surface area contributed by atoms with Crippen LogP contribution in [0.25, 0.3) is 0 Å². The Morgan fingerprint density at radius 2 is 2.31 bits per heavy atom. The first kappa shape index (κ1) is 13.2. The summed E-state index contributed by atoms with van der Waals surface area (Å²) >= 11 is 0. The summed E-state index contributed by atoms with van der Waals surface area (Å²) in [6, 6.07) is 0. The fourth-order valence-corrected chi connectivity index (χ4v) is 1.23. The topological polar surface area (TPSA) is 56.5 Å². The van der Waals surface area contributed by atoms with E-state index in [9.17, 15) is 0 Å². The van der Waals surface area contributed by atoms with E-state index in [2.05, 4.69) is 10.3 Å². The second-order valence-corrected chi connectivity index (χ2v) is 3.35. The molecule has 0 radical (unpaired) electrons. The van der Waals surface area contributed by atoms with Gasteiger partial charge in [-0.05, 0) is 6.92 Å².